The number of piperidine rings is 1. The fraction of sp³-hybridized carbons (Fsp3) is 0.611. The van der Waals surface area contributed by atoms with E-state index in [1.807, 2.05) is 32.8 Å². The largest absolute Gasteiger partial charge is 0.419 e. The fourth-order valence-electron chi connectivity index (χ4n) is 3.40. The Balaban J connectivity index is 1.64. The lowest BCUT2D eigenvalue weighted by Gasteiger charge is -2.27. The van der Waals surface area contributed by atoms with Crippen molar-refractivity contribution < 1.29 is 4.42 Å². The first-order chi connectivity index (χ1) is 13.3. The number of aliphatic imine (C=N–C) groups is 1. The van der Waals surface area contributed by atoms with Crippen LogP contribution in [-0.4, -0.2) is 57.3 Å². The van der Waals surface area contributed by atoms with Crippen LogP contribution in [0, 0.1) is 5.92 Å². The van der Waals surface area contributed by atoms with Crippen molar-refractivity contribution in [3.05, 3.63) is 17.8 Å². The summed E-state index contributed by atoms with van der Waals surface area (Å²) in [5.41, 5.74) is 10.2. The molecule has 1 fully saturated rings. The average Bonchev–Trinajstić information content (AvgIpc) is 3.30. The van der Waals surface area contributed by atoms with E-state index in [1.165, 1.54) is 0 Å². The van der Waals surface area contributed by atoms with E-state index < -0.39 is 0 Å². The highest BCUT2D eigenvalue weighted by molar-refractivity contribution is 5.98. The van der Waals surface area contributed by atoms with Crippen LogP contribution in [0.1, 0.15) is 45.2 Å². The third-order valence-corrected chi connectivity index (χ3v) is 5.03. The van der Waals surface area contributed by atoms with Gasteiger partial charge in [-0.25, -0.2) is 20.4 Å². The summed E-state index contributed by atoms with van der Waals surface area (Å²) < 4.78 is 5.79. The number of hydrogen-bond acceptors (Lipinski definition) is 10. The van der Waals surface area contributed by atoms with E-state index in [2.05, 4.69) is 30.9 Å². The van der Waals surface area contributed by atoms with E-state index in [0.717, 1.165) is 31.8 Å². The maximum Gasteiger partial charge on any atom is 0.270 e. The van der Waals surface area contributed by atoms with Crippen molar-refractivity contribution in [2.45, 2.75) is 45.2 Å². The molecular formula is C18H27N9O. The van der Waals surface area contributed by atoms with Crippen molar-refractivity contribution in [2.75, 3.05) is 25.9 Å². The first-order valence-electron chi connectivity index (χ1n) is 9.58. The summed E-state index contributed by atoms with van der Waals surface area (Å²) in [5, 5.41) is 13.5. The van der Waals surface area contributed by atoms with Crippen LogP contribution >= 0.6 is 0 Å². The molecule has 0 saturated carbocycles. The molecule has 0 amide bonds. The smallest absolute Gasteiger partial charge is 0.270 e. The second-order valence-corrected chi connectivity index (χ2v) is 8.32. The number of nitrogen functional groups attached to an aromatic ring is 1. The number of nitrogens with one attached hydrogen (secondary N) is 2. The molecule has 4 rings (SSSR count). The number of hydrazine groups is 1. The molecular weight excluding hydrogens is 358 g/mol. The summed E-state index contributed by atoms with van der Waals surface area (Å²) in [5.74, 6) is 2.26. The molecule has 1 atom stereocenters. The van der Waals surface area contributed by atoms with Crippen LogP contribution in [0.25, 0.3) is 11.6 Å². The van der Waals surface area contributed by atoms with Crippen LogP contribution in [0.2, 0.25) is 0 Å². The zero-order valence-corrected chi connectivity index (χ0v) is 16.7. The lowest BCUT2D eigenvalue weighted by molar-refractivity contribution is 0.238. The Bertz CT molecular complexity index is 879. The van der Waals surface area contributed by atoms with Crippen LogP contribution in [0.15, 0.2) is 15.6 Å². The van der Waals surface area contributed by atoms with Crippen LogP contribution in [-0.2, 0) is 5.41 Å². The molecule has 2 aliphatic heterocycles. The number of nitrogens with zero attached hydrogens (tertiary/aromatic N) is 6. The van der Waals surface area contributed by atoms with Crippen molar-refractivity contribution in [3.8, 4) is 11.6 Å². The molecule has 1 saturated heterocycles. The summed E-state index contributed by atoms with van der Waals surface area (Å²) in [6, 6.07) is 0. The number of rotatable bonds is 3. The highest BCUT2D eigenvalue weighted by Crippen LogP contribution is 2.27. The lowest BCUT2D eigenvalue weighted by atomic mass is 9.95. The van der Waals surface area contributed by atoms with E-state index in [9.17, 15) is 0 Å². The predicted molar refractivity (Wildman–Crippen MR) is 105 cm³/mol. The molecule has 4 heterocycles. The maximum absolute atomic E-state index is 6.04. The highest BCUT2D eigenvalue weighted by Gasteiger charge is 2.32. The van der Waals surface area contributed by atoms with Crippen molar-refractivity contribution in [3.63, 3.8) is 0 Å². The quantitative estimate of drug-likeness (QED) is 0.706. The van der Waals surface area contributed by atoms with Gasteiger partial charge in [0, 0.05) is 12.5 Å². The minimum Gasteiger partial charge on any atom is -0.419 e. The molecule has 0 aromatic carbocycles. The molecule has 150 valence electrons. The Labute approximate surface area is 164 Å². The summed E-state index contributed by atoms with van der Waals surface area (Å²) in [6.45, 7) is 8.06. The van der Waals surface area contributed by atoms with Gasteiger partial charge in [0.15, 0.2) is 17.3 Å². The topological polar surface area (TPSA) is 130 Å². The van der Waals surface area contributed by atoms with Crippen LogP contribution in [0.5, 0.6) is 0 Å². The van der Waals surface area contributed by atoms with E-state index >= 15 is 0 Å². The van der Waals surface area contributed by atoms with Gasteiger partial charge in [0.05, 0.1) is 6.20 Å². The summed E-state index contributed by atoms with van der Waals surface area (Å²) >= 11 is 0. The Morgan fingerprint density at radius 1 is 1.21 bits per heavy atom. The summed E-state index contributed by atoms with van der Waals surface area (Å²) in [4.78, 5) is 13.8. The molecule has 2 aliphatic rings. The van der Waals surface area contributed by atoms with Crippen molar-refractivity contribution in [1.29, 1.82) is 0 Å². The van der Waals surface area contributed by atoms with Gasteiger partial charge in [-0.3, -0.25) is 5.01 Å². The molecule has 0 bridgehead atoms. The average molecular weight is 385 g/mol. The fourth-order valence-corrected chi connectivity index (χ4v) is 3.40. The molecule has 10 nitrogen and oxygen atoms in total. The van der Waals surface area contributed by atoms with Gasteiger partial charge >= 0.3 is 0 Å². The van der Waals surface area contributed by atoms with Gasteiger partial charge in [0.25, 0.3) is 5.89 Å². The zero-order valence-electron chi connectivity index (χ0n) is 16.7. The third-order valence-electron chi connectivity index (χ3n) is 5.03. The maximum atomic E-state index is 6.04. The van der Waals surface area contributed by atoms with E-state index in [-0.39, 0.29) is 23.3 Å². The molecule has 0 radical (unpaired) electrons. The standard InChI is InChI=1S/C18H27N9O/c1-18(2,3)17-25-24-16(28-17)12-13(19)21-9-11(22-12)15-23-14(26-27(15)4)10-5-7-20-8-6-10/h9-10,14,20,26H,5-8H2,1-4H3,(H2,19,21). The number of hydrogen-bond donors (Lipinski definition) is 3. The predicted octanol–water partition coefficient (Wildman–Crippen LogP) is 0.929. The number of anilines is 1. The SMILES string of the molecule is CN1NC(C2CCNCC2)N=C1c1cnc(N)c(-c2nnc(C(C)(C)C)o2)n1. The minimum absolute atomic E-state index is 0.0424. The van der Waals surface area contributed by atoms with Gasteiger partial charge in [0.1, 0.15) is 11.9 Å². The Morgan fingerprint density at radius 2 is 1.96 bits per heavy atom. The zero-order chi connectivity index (χ0) is 19.9. The van der Waals surface area contributed by atoms with Crippen LogP contribution in [0.4, 0.5) is 5.82 Å². The van der Waals surface area contributed by atoms with Crippen LogP contribution < -0.4 is 16.5 Å². The van der Waals surface area contributed by atoms with Crippen LogP contribution in [0.3, 0.4) is 0 Å². The lowest BCUT2D eigenvalue weighted by Crippen LogP contribution is -2.43. The van der Waals surface area contributed by atoms with Gasteiger partial charge in [-0.2, -0.15) is 0 Å². The first kappa shape index (κ1) is 18.8. The molecule has 2 aromatic heterocycles. The molecule has 2 aromatic rings. The molecule has 28 heavy (non-hydrogen) atoms. The summed E-state index contributed by atoms with van der Waals surface area (Å²) in [6.07, 6.45) is 3.86. The van der Waals surface area contributed by atoms with Gasteiger partial charge in [-0.15, -0.1) is 10.2 Å². The molecule has 10 heteroatoms. The Morgan fingerprint density at radius 3 is 2.64 bits per heavy atom. The minimum atomic E-state index is -0.257. The Kier molecular flexibility index (Phi) is 4.76. The van der Waals surface area contributed by atoms with E-state index in [1.54, 1.807) is 6.20 Å². The number of amidine groups is 1. The van der Waals surface area contributed by atoms with Gasteiger partial charge in [-0.1, -0.05) is 20.8 Å². The molecule has 4 N–H and O–H groups in total. The number of nitrogens with two attached hydrogens (primary N) is 1. The summed E-state index contributed by atoms with van der Waals surface area (Å²) in [7, 11) is 1.93. The monoisotopic (exact) mass is 385 g/mol. The first-order valence-corrected chi connectivity index (χ1v) is 9.58. The third kappa shape index (κ3) is 3.57. The van der Waals surface area contributed by atoms with Gasteiger partial charge < -0.3 is 15.5 Å². The van der Waals surface area contributed by atoms with Gasteiger partial charge in [0.2, 0.25) is 5.89 Å². The normalized spacial score (nSPS) is 21.2. The van der Waals surface area contributed by atoms with Gasteiger partial charge in [-0.05, 0) is 31.8 Å². The number of aromatic nitrogens is 4. The molecule has 0 spiro atoms. The highest BCUT2D eigenvalue weighted by atomic mass is 16.4. The van der Waals surface area contributed by atoms with Crippen molar-refractivity contribution >= 4 is 11.7 Å². The molecule has 1 unspecified atom stereocenters. The van der Waals surface area contributed by atoms with E-state index in [4.69, 9.17) is 15.1 Å². The second kappa shape index (κ2) is 7.10. The van der Waals surface area contributed by atoms with E-state index in [0.29, 0.717) is 23.2 Å². The van der Waals surface area contributed by atoms with Crippen molar-refractivity contribution in [1.82, 2.24) is 35.9 Å². The Hall–Kier alpha value is -2.59. The second-order valence-electron chi connectivity index (χ2n) is 8.32. The van der Waals surface area contributed by atoms with Crippen molar-refractivity contribution in [2.24, 2.45) is 10.9 Å². The molecule has 0 aliphatic carbocycles.